The van der Waals surface area contributed by atoms with Crippen molar-refractivity contribution >= 4 is 18.1 Å². The minimum atomic E-state index is -0.726. The average Bonchev–Trinajstić information content (AvgIpc) is 3.04. The van der Waals surface area contributed by atoms with Gasteiger partial charge in [-0.05, 0) is 99.9 Å². The van der Waals surface area contributed by atoms with Crippen LogP contribution in [0, 0.1) is 34.5 Å². The fourth-order valence-electron chi connectivity index (χ4n) is 7.70. The van der Waals surface area contributed by atoms with E-state index in [0.29, 0.717) is 35.8 Å². The van der Waals surface area contributed by atoms with Crippen LogP contribution in [0.15, 0.2) is 11.3 Å². The van der Waals surface area contributed by atoms with E-state index in [4.69, 9.17) is 0 Å². The Morgan fingerprint density at radius 3 is 2.50 bits per heavy atom. The van der Waals surface area contributed by atoms with E-state index in [1.807, 2.05) is 20.8 Å². The third-order valence-corrected chi connectivity index (χ3v) is 8.96. The molecule has 6 atom stereocenters. The molecule has 4 aliphatic rings. The molecule has 2 amide bonds. The Morgan fingerprint density at radius 2 is 1.83 bits per heavy atom. The Morgan fingerprint density at radius 1 is 1.10 bits per heavy atom. The quantitative estimate of drug-likeness (QED) is 0.539. The van der Waals surface area contributed by atoms with Crippen molar-refractivity contribution in [2.45, 2.75) is 91.5 Å². The molecule has 0 aromatic carbocycles. The molecule has 0 aromatic heterocycles. The molecule has 0 saturated heterocycles. The molecule has 30 heavy (non-hydrogen) atoms. The number of carbonyl (C=O) groups excluding carboxylic acids is 3. The van der Waals surface area contributed by atoms with Gasteiger partial charge in [0.2, 0.25) is 12.3 Å². The summed E-state index contributed by atoms with van der Waals surface area (Å²) in [6.07, 6.45) is 9.53. The van der Waals surface area contributed by atoms with Crippen molar-refractivity contribution in [1.29, 1.82) is 0 Å². The van der Waals surface area contributed by atoms with Crippen LogP contribution in [-0.4, -0.2) is 23.6 Å². The molecular weight excluding hydrogens is 376 g/mol. The Balaban J connectivity index is 1.72. The van der Waals surface area contributed by atoms with Gasteiger partial charge >= 0.3 is 0 Å². The van der Waals surface area contributed by atoms with Crippen LogP contribution in [0.4, 0.5) is 0 Å². The summed E-state index contributed by atoms with van der Waals surface area (Å²) in [6.45, 7) is 10.6. The average molecular weight is 415 g/mol. The molecule has 0 bridgehead atoms. The second-order valence-corrected chi connectivity index (χ2v) is 11.9. The highest BCUT2D eigenvalue weighted by atomic mass is 16.2. The van der Waals surface area contributed by atoms with Gasteiger partial charge in [-0.1, -0.05) is 20.3 Å². The van der Waals surface area contributed by atoms with Gasteiger partial charge < -0.3 is 10.6 Å². The van der Waals surface area contributed by atoms with Crippen molar-refractivity contribution in [2.75, 3.05) is 0 Å². The monoisotopic (exact) mass is 414 g/mol. The lowest BCUT2D eigenvalue weighted by Gasteiger charge is -2.58. The summed E-state index contributed by atoms with van der Waals surface area (Å²) in [5, 5.41) is 5.74. The van der Waals surface area contributed by atoms with E-state index in [1.165, 1.54) is 25.7 Å². The number of hydrogen-bond donors (Lipinski definition) is 2. The molecule has 0 heterocycles. The topological polar surface area (TPSA) is 75.3 Å². The predicted molar refractivity (Wildman–Crippen MR) is 116 cm³/mol. The lowest BCUT2D eigenvalue weighted by Crippen LogP contribution is -2.55. The largest absolute Gasteiger partial charge is 0.351 e. The van der Waals surface area contributed by atoms with Gasteiger partial charge in [0, 0.05) is 5.54 Å². The number of allylic oxidation sites excluding steroid dienone is 1. The van der Waals surface area contributed by atoms with Crippen LogP contribution < -0.4 is 10.6 Å². The summed E-state index contributed by atoms with van der Waals surface area (Å²) < 4.78 is 0. The Bertz CT molecular complexity index is 795. The molecule has 0 aliphatic heterocycles. The number of Topliss-reactive ketones (excluding diaryl/α,β-unsaturated/α-hetero) is 1. The van der Waals surface area contributed by atoms with Crippen molar-refractivity contribution in [2.24, 2.45) is 34.5 Å². The number of fused-ring (bicyclic) bond motifs is 5. The van der Waals surface area contributed by atoms with E-state index in [1.54, 1.807) is 0 Å². The maximum absolute atomic E-state index is 13.3. The Labute approximate surface area is 180 Å². The highest BCUT2D eigenvalue weighted by Crippen LogP contribution is 2.66. The molecule has 0 radical (unpaired) electrons. The normalized spacial score (nSPS) is 40.9. The summed E-state index contributed by atoms with van der Waals surface area (Å²) in [5.41, 5.74) is 1.38. The van der Waals surface area contributed by atoms with Crippen molar-refractivity contribution in [3.8, 4) is 0 Å². The van der Waals surface area contributed by atoms with E-state index in [0.717, 1.165) is 30.8 Å². The third-order valence-electron chi connectivity index (χ3n) is 8.96. The van der Waals surface area contributed by atoms with Crippen LogP contribution in [0.2, 0.25) is 0 Å². The van der Waals surface area contributed by atoms with E-state index in [2.05, 4.69) is 24.5 Å². The van der Waals surface area contributed by atoms with Gasteiger partial charge in [-0.3, -0.25) is 14.4 Å². The SMILES string of the molecule is CC(C)(C)NC(=O)C1C[C@@]2(C)C(=C(NC=O)C1=O)CC[C@@H]1[C@H]2CC[C@]2(C)CCC[C@@H]12. The maximum atomic E-state index is 13.3. The second-order valence-electron chi connectivity index (χ2n) is 11.9. The van der Waals surface area contributed by atoms with Crippen LogP contribution in [0.1, 0.15) is 86.0 Å². The van der Waals surface area contributed by atoms with E-state index >= 15 is 0 Å². The van der Waals surface area contributed by atoms with Gasteiger partial charge in [0.15, 0.2) is 5.78 Å². The van der Waals surface area contributed by atoms with E-state index in [9.17, 15) is 14.4 Å². The first kappa shape index (κ1) is 21.6. The molecule has 4 rings (SSSR count). The van der Waals surface area contributed by atoms with Gasteiger partial charge in [0.25, 0.3) is 0 Å². The lowest BCUT2D eigenvalue weighted by atomic mass is 9.46. The van der Waals surface area contributed by atoms with Crippen molar-refractivity contribution < 1.29 is 14.4 Å². The summed E-state index contributed by atoms with van der Waals surface area (Å²) in [4.78, 5) is 37.8. The van der Waals surface area contributed by atoms with Crippen molar-refractivity contribution in [1.82, 2.24) is 10.6 Å². The summed E-state index contributed by atoms with van der Waals surface area (Å²) in [6, 6.07) is 0. The molecule has 166 valence electrons. The predicted octanol–water partition coefficient (Wildman–Crippen LogP) is 4.12. The Kier molecular flexibility index (Phi) is 5.18. The van der Waals surface area contributed by atoms with Crippen LogP contribution >= 0.6 is 0 Å². The number of nitrogens with one attached hydrogen (secondary N) is 2. The minimum Gasteiger partial charge on any atom is -0.351 e. The standard InChI is InChI=1S/C25H38N2O3/c1-23(2,3)27-22(30)16-13-25(5)18-10-12-24(4)11-6-7-17(24)15(18)8-9-19(25)20(21(16)29)26-14-28/h14-18H,6-13H2,1-5H3,(H,26,28)(H,27,30)/t15-,16?,17-,18+,24-,25+/m0/s1. The zero-order chi connectivity index (χ0) is 21.9. The molecule has 0 spiro atoms. The highest BCUT2D eigenvalue weighted by Gasteiger charge is 2.59. The molecule has 1 unspecified atom stereocenters. The molecule has 4 aliphatic carbocycles. The molecule has 5 heteroatoms. The zero-order valence-electron chi connectivity index (χ0n) is 19.3. The van der Waals surface area contributed by atoms with Crippen molar-refractivity contribution in [3.05, 3.63) is 11.3 Å². The number of amides is 2. The van der Waals surface area contributed by atoms with Crippen LogP contribution in [0.25, 0.3) is 0 Å². The van der Waals surface area contributed by atoms with Gasteiger partial charge in [0.1, 0.15) is 5.92 Å². The molecule has 3 fully saturated rings. The first-order chi connectivity index (χ1) is 14.0. The third kappa shape index (κ3) is 3.33. The maximum Gasteiger partial charge on any atom is 0.231 e. The summed E-state index contributed by atoms with van der Waals surface area (Å²) >= 11 is 0. The van der Waals surface area contributed by atoms with Gasteiger partial charge in [-0.25, -0.2) is 0 Å². The lowest BCUT2D eigenvalue weighted by molar-refractivity contribution is -0.138. The van der Waals surface area contributed by atoms with Crippen LogP contribution in [0.5, 0.6) is 0 Å². The number of carbonyl (C=O) groups is 3. The smallest absolute Gasteiger partial charge is 0.231 e. The van der Waals surface area contributed by atoms with Crippen LogP contribution in [-0.2, 0) is 14.4 Å². The molecular formula is C25H38N2O3. The molecule has 5 nitrogen and oxygen atoms in total. The van der Waals surface area contributed by atoms with E-state index < -0.39 is 11.5 Å². The zero-order valence-corrected chi connectivity index (χ0v) is 19.3. The fraction of sp³-hybridized carbons (Fsp3) is 0.800. The minimum absolute atomic E-state index is 0.202. The van der Waals surface area contributed by atoms with Crippen LogP contribution in [0.3, 0.4) is 0 Å². The van der Waals surface area contributed by atoms with Gasteiger partial charge in [-0.15, -0.1) is 0 Å². The summed E-state index contributed by atoms with van der Waals surface area (Å²) in [7, 11) is 0. The highest BCUT2D eigenvalue weighted by molar-refractivity contribution is 6.11. The summed E-state index contributed by atoms with van der Waals surface area (Å²) in [5.74, 6) is 0.765. The molecule has 3 saturated carbocycles. The molecule has 2 N–H and O–H groups in total. The fourth-order valence-corrected chi connectivity index (χ4v) is 7.70. The molecule has 0 aromatic rings. The first-order valence-corrected chi connectivity index (χ1v) is 11.8. The number of ketones is 1. The van der Waals surface area contributed by atoms with Gasteiger partial charge in [0.05, 0.1) is 5.70 Å². The van der Waals surface area contributed by atoms with Gasteiger partial charge in [-0.2, -0.15) is 0 Å². The number of rotatable bonds is 3. The second kappa shape index (κ2) is 7.20. The van der Waals surface area contributed by atoms with E-state index in [-0.39, 0.29) is 17.1 Å². The van der Waals surface area contributed by atoms with Crippen molar-refractivity contribution in [3.63, 3.8) is 0 Å². The first-order valence-electron chi connectivity index (χ1n) is 11.8. The number of hydrogen-bond acceptors (Lipinski definition) is 3. The Hall–Kier alpha value is -1.65.